The standard InChI is InChI=1S/C14H17NO5S3/c16-22(17,11-12-3-1-9-20-12)13-5-7-15(8-6-13)23(18,19)14-4-2-10-21-14/h1-4,9-10,13H,5-8,11H2. The van der Waals surface area contributed by atoms with Gasteiger partial charge in [0.2, 0.25) is 0 Å². The molecule has 0 N–H and O–H groups in total. The Morgan fingerprint density at radius 2 is 1.87 bits per heavy atom. The molecular formula is C14H17NO5S3. The van der Waals surface area contributed by atoms with Crippen molar-refractivity contribution in [3.05, 3.63) is 41.7 Å². The number of sulfonamides is 1. The molecule has 0 unspecified atom stereocenters. The first-order chi connectivity index (χ1) is 10.9. The zero-order valence-electron chi connectivity index (χ0n) is 12.3. The average Bonchev–Trinajstić information content (AvgIpc) is 3.20. The van der Waals surface area contributed by atoms with Crippen LogP contribution < -0.4 is 0 Å². The highest BCUT2D eigenvalue weighted by Gasteiger charge is 2.35. The van der Waals surface area contributed by atoms with E-state index >= 15 is 0 Å². The van der Waals surface area contributed by atoms with Crippen molar-refractivity contribution in [2.75, 3.05) is 13.1 Å². The molecular weight excluding hydrogens is 358 g/mol. The van der Waals surface area contributed by atoms with Crippen molar-refractivity contribution in [3.63, 3.8) is 0 Å². The van der Waals surface area contributed by atoms with E-state index in [1.54, 1.807) is 29.6 Å². The van der Waals surface area contributed by atoms with E-state index in [2.05, 4.69) is 0 Å². The molecule has 0 aromatic carbocycles. The third-order valence-electron chi connectivity index (χ3n) is 3.92. The fourth-order valence-corrected chi connectivity index (χ4v) is 7.02. The number of hydrogen-bond donors (Lipinski definition) is 0. The summed E-state index contributed by atoms with van der Waals surface area (Å²) in [5, 5.41) is 1.19. The van der Waals surface area contributed by atoms with E-state index in [4.69, 9.17) is 4.42 Å². The summed E-state index contributed by atoms with van der Waals surface area (Å²) in [4.78, 5) is 0. The molecule has 3 heterocycles. The number of thiophene rings is 1. The lowest BCUT2D eigenvalue weighted by molar-refractivity contribution is 0.346. The SMILES string of the molecule is O=S(=O)(Cc1ccco1)C1CCN(S(=O)(=O)c2cccs2)CC1. The number of piperidine rings is 1. The second-order valence-corrected chi connectivity index (χ2v) is 10.8. The monoisotopic (exact) mass is 375 g/mol. The van der Waals surface area contributed by atoms with Crippen LogP contribution in [0.25, 0.3) is 0 Å². The summed E-state index contributed by atoms with van der Waals surface area (Å²) in [5.41, 5.74) is 0. The molecule has 0 aliphatic carbocycles. The predicted molar refractivity (Wildman–Crippen MR) is 87.4 cm³/mol. The molecule has 3 rings (SSSR count). The van der Waals surface area contributed by atoms with Gasteiger partial charge >= 0.3 is 0 Å². The van der Waals surface area contributed by atoms with Crippen molar-refractivity contribution in [3.8, 4) is 0 Å². The summed E-state index contributed by atoms with van der Waals surface area (Å²) in [6, 6.07) is 6.55. The maximum atomic E-state index is 12.4. The normalized spacial score (nSPS) is 18.3. The Morgan fingerprint density at radius 1 is 1.13 bits per heavy atom. The molecule has 9 heteroatoms. The number of hydrogen-bond acceptors (Lipinski definition) is 6. The fraction of sp³-hybridized carbons (Fsp3) is 0.429. The largest absolute Gasteiger partial charge is 0.468 e. The van der Waals surface area contributed by atoms with Crippen LogP contribution in [0.5, 0.6) is 0 Å². The van der Waals surface area contributed by atoms with Gasteiger partial charge in [-0.25, -0.2) is 16.8 Å². The predicted octanol–water partition coefficient (Wildman–Crippen LogP) is 2.11. The van der Waals surface area contributed by atoms with Crippen molar-refractivity contribution in [1.82, 2.24) is 4.31 Å². The zero-order valence-corrected chi connectivity index (χ0v) is 14.7. The van der Waals surface area contributed by atoms with Gasteiger partial charge in [-0.2, -0.15) is 4.31 Å². The molecule has 0 radical (unpaired) electrons. The molecule has 1 aliphatic heterocycles. The van der Waals surface area contributed by atoms with E-state index in [1.165, 1.54) is 21.9 Å². The first-order valence-electron chi connectivity index (χ1n) is 7.17. The van der Waals surface area contributed by atoms with Gasteiger partial charge in [0.25, 0.3) is 10.0 Å². The van der Waals surface area contributed by atoms with Crippen molar-refractivity contribution in [2.24, 2.45) is 0 Å². The molecule has 1 aliphatic rings. The van der Waals surface area contributed by atoms with Gasteiger partial charge in [0, 0.05) is 13.1 Å². The summed E-state index contributed by atoms with van der Waals surface area (Å²) >= 11 is 1.17. The Labute approximate surface area is 139 Å². The Balaban J connectivity index is 1.67. The summed E-state index contributed by atoms with van der Waals surface area (Å²) in [6.07, 6.45) is 2.07. The maximum Gasteiger partial charge on any atom is 0.252 e. The molecule has 0 saturated carbocycles. The van der Waals surface area contributed by atoms with Gasteiger partial charge in [-0.05, 0) is 36.4 Å². The fourth-order valence-electron chi connectivity index (χ4n) is 2.68. The first kappa shape index (κ1) is 16.7. The van der Waals surface area contributed by atoms with Gasteiger partial charge in [-0.1, -0.05) is 6.07 Å². The molecule has 23 heavy (non-hydrogen) atoms. The highest BCUT2D eigenvalue weighted by molar-refractivity contribution is 7.91. The molecule has 1 fully saturated rings. The average molecular weight is 375 g/mol. The highest BCUT2D eigenvalue weighted by Crippen LogP contribution is 2.27. The lowest BCUT2D eigenvalue weighted by Crippen LogP contribution is -2.42. The second-order valence-electron chi connectivity index (χ2n) is 5.42. The third kappa shape index (κ3) is 3.52. The van der Waals surface area contributed by atoms with Gasteiger partial charge in [-0.15, -0.1) is 11.3 Å². The van der Waals surface area contributed by atoms with Crippen LogP contribution in [0.4, 0.5) is 0 Å². The summed E-state index contributed by atoms with van der Waals surface area (Å²) < 4.78 is 56.5. The summed E-state index contributed by atoms with van der Waals surface area (Å²) in [6.45, 7) is 0.449. The zero-order chi connectivity index (χ0) is 16.5. The van der Waals surface area contributed by atoms with Crippen molar-refractivity contribution in [2.45, 2.75) is 28.1 Å². The van der Waals surface area contributed by atoms with Crippen molar-refractivity contribution >= 4 is 31.2 Å². The van der Waals surface area contributed by atoms with Crippen LogP contribution in [0.15, 0.2) is 44.5 Å². The summed E-state index contributed by atoms with van der Waals surface area (Å²) in [7, 11) is -6.84. The molecule has 1 saturated heterocycles. The molecule has 2 aromatic heterocycles. The lowest BCUT2D eigenvalue weighted by Gasteiger charge is -2.30. The Bertz CT molecular complexity index is 830. The van der Waals surface area contributed by atoms with E-state index in [-0.39, 0.29) is 18.8 Å². The van der Waals surface area contributed by atoms with Crippen LogP contribution in [0.3, 0.4) is 0 Å². The molecule has 0 spiro atoms. The minimum Gasteiger partial charge on any atom is -0.468 e. The number of furan rings is 1. The van der Waals surface area contributed by atoms with Crippen LogP contribution in [-0.4, -0.2) is 39.5 Å². The van der Waals surface area contributed by atoms with Crippen LogP contribution in [-0.2, 0) is 25.6 Å². The van der Waals surface area contributed by atoms with E-state index in [1.807, 2.05) is 0 Å². The first-order valence-corrected chi connectivity index (χ1v) is 11.2. The molecule has 2 aromatic rings. The van der Waals surface area contributed by atoms with Crippen molar-refractivity contribution < 1.29 is 21.3 Å². The summed E-state index contributed by atoms with van der Waals surface area (Å²) in [5.74, 6) is 0.279. The van der Waals surface area contributed by atoms with Crippen LogP contribution >= 0.6 is 11.3 Å². The molecule has 0 amide bonds. The molecule has 0 atom stereocenters. The Morgan fingerprint density at radius 3 is 2.43 bits per heavy atom. The van der Waals surface area contributed by atoms with E-state index < -0.39 is 25.1 Å². The Hall–Kier alpha value is -1.16. The topological polar surface area (TPSA) is 84.7 Å². The van der Waals surface area contributed by atoms with Gasteiger partial charge in [-0.3, -0.25) is 0 Å². The third-order valence-corrected chi connectivity index (χ3v) is 9.37. The number of nitrogens with zero attached hydrogens (tertiary/aromatic N) is 1. The van der Waals surface area contributed by atoms with Crippen LogP contribution in [0.2, 0.25) is 0 Å². The van der Waals surface area contributed by atoms with Gasteiger partial charge in [0.1, 0.15) is 15.7 Å². The van der Waals surface area contributed by atoms with E-state index in [0.717, 1.165) is 0 Å². The number of rotatable bonds is 5. The van der Waals surface area contributed by atoms with Gasteiger partial charge in [0.05, 0.1) is 11.5 Å². The number of sulfone groups is 1. The minimum absolute atomic E-state index is 0.137. The van der Waals surface area contributed by atoms with Gasteiger partial charge in [0.15, 0.2) is 9.84 Å². The van der Waals surface area contributed by atoms with Crippen LogP contribution in [0.1, 0.15) is 18.6 Å². The maximum absolute atomic E-state index is 12.4. The molecule has 126 valence electrons. The lowest BCUT2D eigenvalue weighted by atomic mass is 10.2. The Kier molecular flexibility index (Phi) is 4.63. The van der Waals surface area contributed by atoms with Crippen molar-refractivity contribution in [1.29, 1.82) is 0 Å². The second kappa shape index (κ2) is 6.39. The van der Waals surface area contributed by atoms with E-state index in [9.17, 15) is 16.8 Å². The quantitative estimate of drug-likeness (QED) is 0.799. The minimum atomic E-state index is -3.50. The van der Waals surface area contributed by atoms with E-state index in [0.29, 0.717) is 22.8 Å². The molecule has 6 nitrogen and oxygen atoms in total. The van der Waals surface area contributed by atoms with Crippen LogP contribution in [0, 0.1) is 0 Å². The highest BCUT2D eigenvalue weighted by atomic mass is 32.2. The van der Waals surface area contributed by atoms with Gasteiger partial charge < -0.3 is 4.42 Å². The molecule has 0 bridgehead atoms. The smallest absolute Gasteiger partial charge is 0.252 e.